The van der Waals surface area contributed by atoms with Gasteiger partial charge in [-0.05, 0) is 24.3 Å². The Hall–Kier alpha value is -3.63. The Morgan fingerprint density at radius 2 is 1.61 bits per heavy atom. The Morgan fingerprint density at radius 1 is 1.00 bits per heavy atom. The highest BCUT2D eigenvalue weighted by atomic mass is 35.5. The quantitative estimate of drug-likeness (QED) is 0.456. The van der Waals surface area contributed by atoms with Crippen LogP contribution in [0.2, 0.25) is 4.34 Å². The van der Waals surface area contributed by atoms with Crippen LogP contribution in [0.4, 0.5) is 10.8 Å². The van der Waals surface area contributed by atoms with Gasteiger partial charge in [0.25, 0.3) is 0 Å². The van der Waals surface area contributed by atoms with Gasteiger partial charge in [0.15, 0.2) is 22.4 Å². The number of carbonyl (C=O) groups excluding carboxylic acids is 2. The molecule has 3 aromatic rings. The first kappa shape index (κ1) is 22.1. The summed E-state index contributed by atoms with van der Waals surface area (Å²) in [4.78, 5) is 39.3. The van der Waals surface area contributed by atoms with Gasteiger partial charge in [-0.25, -0.2) is 4.98 Å². The lowest BCUT2D eigenvalue weighted by molar-refractivity contribution is -0.136. The molecular formula is C20H16ClN3O6S. The smallest absolute Gasteiger partial charge is 0.315 e. The number of aromatic nitrogens is 1. The molecule has 0 aliphatic carbocycles. The van der Waals surface area contributed by atoms with Gasteiger partial charge >= 0.3 is 17.8 Å². The Morgan fingerprint density at radius 3 is 2.29 bits per heavy atom. The minimum Gasteiger partial charge on any atom is -0.493 e. The van der Waals surface area contributed by atoms with Crippen LogP contribution in [0.15, 0.2) is 48.5 Å². The number of aliphatic carboxylic acids is 1. The monoisotopic (exact) mass is 461 g/mol. The van der Waals surface area contributed by atoms with Crippen LogP contribution in [-0.4, -0.2) is 35.0 Å². The number of methoxy groups -OCH3 is 1. The molecule has 2 aromatic carbocycles. The van der Waals surface area contributed by atoms with Crippen molar-refractivity contribution in [2.45, 2.75) is 6.42 Å². The van der Waals surface area contributed by atoms with Crippen molar-refractivity contribution < 1.29 is 29.0 Å². The number of halogens is 1. The van der Waals surface area contributed by atoms with E-state index in [1.807, 2.05) is 0 Å². The topological polar surface area (TPSA) is 127 Å². The van der Waals surface area contributed by atoms with Gasteiger partial charge in [0.2, 0.25) is 0 Å². The van der Waals surface area contributed by atoms with Crippen molar-refractivity contribution in [2.75, 3.05) is 17.7 Å². The van der Waals surface area contributed by atoms with Crippen molar-refractivity contribution in [1.82, 2.24) is 4.98 Å². The average molecular weight is 462 g/mol. The van der Waals surface area contributed by atoms with E-state index in [1.165, 1.54) is 7.11 Å². The molecule has 1 aromatic heterocycles. The van der Waals surface area contributed by atoms with E-state index < -0.39 is 24.2 Å². The summed E-state index contributed by atoms with van der Waals surface area (Å²) in [6.45, 7) is 0. The van der Waals surface area contributed by atoms with Crippen LogP contribution in [0.5, 0.6) is 17.2 Å². The lowest BCUT2D eigenvalue weighted by atomic mass is 10.2. The van der Waals surface area contributed by atoms with Gasteiger partial charge in [-0.3, -0.25) is 19.7 Å². The molecule has 0 atom stereocenters. The maximum Gasteiger partial charge on any atom is 0.315 e. The van der Waals surface area contributed by atoms with Crippen molar-refractivity contribution in [3.05, 3.63) is 58.6 Å². The molecule has 1 heterocycles. The molecule has 0 bridgehead atoms. The molecule has 160 valence electrons. The molecule has 9 nitrogen and oxygen atoms in total. The van der Waals surface area contributed by atoms with Crippen molar-refractivity contribution in [2.24, 2.45) is 0 Å². The van der Waals surface area contributed by atoms with Crippen LogP contribution in [0.3, 0.4) is 0 Å². The predicted molar refractivity (Wildman–Crippen MR) is 115 cm³/mol. The highest BCUT2D eigenvalue weighted by Crippen LogP contribution is 2.35. The summed E-state index contributed by atoms with van der Waals surface area (Å²) in [6.07, 6.45) is -0.398. The van der Waals surface area contributed by atoms with Crippen LogP contribution >= 0.6 is 22.9 Å². The molecule has 3 rings (SSSR count). The molecule has 3 N–H and O–H groups in total. The van der Waals surface area contributed by atoms with Crippen molar-refractivity contribution in [3.63, 3.8) is 0 Å². The highest BCUT2D eigenvalue weighted by molar-refractivity contribution is 7.19. The number of thiazole rings is 1. The van der Waals surface area contributed by atoms with Crippen LogP contribution in [-0.2, 0) is 20.8 Å². The van der Waals surface area contributed by atoms with Gasteiger partial charge in [-0.2, -0.15) is 0 Å². The Balaban J connectivity index is 1.71. The number of hydrogen-bond donors (Lipinski definition) is 3. The lowest BCUT2D eigenvalue weighted by Crippen LogP contribution is -2.29. The van der Waals surface area contributed by atoms with Gasteiger partial charge in [-0.15, -0.1) is 0 Å². The number of nitrogens with zero attached hydrogens (tertiary/aromatic N) is 1. The van der Waals surface area contributed by atoms with Crippen molar-refractivity contribution in [1.29, 1.82) is 0 Å². The van der Waals surface area contributed by atoms with E-state index in [9.17, 15) is 14.4 Å². The van der Waals surface area contributed by atoms with E-state index >= 15 is 0 Å². The van der Waals surface area contributed by atoms with E-state index in [1.54, 1.807) is 48.5 Å². The molecule has 0 fully saturated rings. The number of nitrogens with one attached hydrogen (secondary N) is 2. The van der Waals surface area contributed by atoms with E-state index in [0.717, 1.165) is 11.3 Å². The molecule has 0 saturated carbocycles. The number of carbonyl (C=O) groups is 3. The lowest BCUT2D eigenvalue weighted by Gasteiger charge is -2.13. The normalized spacial score (nSPS) is 10.3. The Labute approximate surface area is 185 Å². The zero-order valence-electron chi connectivity index (χ0n) is 16.0. The summed E-state index contributed by atoms with van der Waals surface area (Å²) in [5, 5.41) is 13.6. The molecular weight excluding hydrogens is 446 g/mol. The van der Waals surface area contributed by atoms with Gasteiger partial charge < -0.3 is 19.9 Å². The number of anilines is 2. The number of rotatable bonds is 7. The van der Waals surface area contributed by atoms with Gasteiger partial charge in [0, 0.05) is 0 Å². The fraction of sp³-hybridized carbons (Fsp3) is 0.100. The summed E-state index contributed by atoms with van der Waals surface area (Å²) < 4.78 is 11.2. The molecule has 0 aliphatic heterocycles. The number of ether oxygens (including phenoxy) is 2. The molecule has 11 heteroatoms. The van der Waals surface area contributed by atoms with Gasteiger partial charge in [0.05, 0.1) is 24.9 Å². The molecule has 0 radical (unpaired) electrons. The first-order valence-corrected chi connectivity index (χ1v) is 9.96. The van der Waals surface area contributed by atoms with Crippen molar-refractivity contribution in [3.8, 4) is 17.2 Å². The molecule has 0 aliphatic rings. The Bertz CT molecular complexity index is 1130. The highest BCUT2D eigenvalue weighted by Gasteiger charge is 2.20. The number of benzene rings is 2. The minimum atomic E-state index is -1.12. The molecule has 0 spiro atoms. The number of amides is 2. The molecule has 0 unspecified atom stereocenters. The second-order valence-corrected chi connectivity index (χ2v) is 7.57. The molecule has 2 amide bonds. The minimum absolute atomic E-state index is 0.0138. The third kappa shape index (κ3) is 5.71. The summed E-state index contributed by atoms with van der Waals surface area (Å²) in [5.74, 6) is -1.86. The molecule has 31 heavy (non-hydrogen) atoms. The van der Waals surface area contributed by atoms with Gasteiger partial charge in [0.1, 0.15) is 4.34 Å². The maximum absolute atomic E-state index is 12.4. The number of hydrogen-bond acceptors (Lipinski definition) is 7. The molecule has 0 saturated heterocycles. The summed E-state index contributed by atoms with van der Waals surface area (Å²) in [5.41, 5.74) is 0.364. The number of carboxylic acid groups (broad SMARTS) is 1. The zero-order valence-corrected chi connectivity index (χ0v) is 17.6. The van der Waals surface area contributed by atoms with Crippen LogP contribution in [0.25, 0.3) is 0 Å². The third-order valence-corrected chi connectivity index (χ3v) is 5.07. The fourth-order valence-corrected chi connectivity index (χ4v) is 3.49. The number of para-hydroxylation sites is 4. The number of carboxylic acids is 1. The largest absolute Gasteiger partial charge is 0.493 e. The second-order valence-electron chi connectivity index (χ2n) is 5.97. The SMILES string of the molecule is COc1ccccc1Oc1ccccc1NC(=O)C(=O)Nc1nc(CC(=O)O)c(Cl)s1. The van der Waals surface area contributed by atoms with Crippen molar-refractivity contribution >= 4 is 51.5 Å². The second kappa shape index (κ2) is 9.92. The first-order chi connectivity index (χ1) is 14.9. The van der Waals surface area contributed by atoms with E-state index in [4.69, 9.17) is 26.2 Å². The van der Waals surface area contributed by atoms with Crippen LogP contribution in [0, 0.1) is 0 Å². The zero-order chi connectivity index (χ0) is 22.4. The maximum atomic E-state index is 12.4. The summed E-state index contributed by atoms with van der Waals surface area (Å²) >= 11 is 6.78. The summed E-state index contributed by atoms with van der Waals surface area (Å²) in [7, 11) is 1.51. The van der Waals surface area contributed by atoms with Gasteiger partial charge in [-0.1, -0.05) is 47.2 Å². The van der Waals surface area contributed by atoms with E-state index in [-0.39, 0.29) is 20.8 Å². The van der Waals surface area contributed by atoms with Crippen LogP contribution < -0.4 is 20.1 Å². The van der Waals surface area contributed by atoms with E-state index in [0.29, 0.717) is 17.2 Å². The standard InChI is InChI=1S/C20H16ClN3O6S/c1-29-14-8-4-5-9-15(14)30-13-7-3-2-6-11(13)22-18(27)19(28)24-20-23-12(10-16(25)26)17(21)31-20/h2-9H,10H2,1H3,(H,22,27)(H,25,26)(H,23,24,28). The van der Waals surface area contributed by atoms with E-state index in [2.05, 4.69) is 15.6 Å². The first-order valence-electron chi connectivity index (χ1n) is 8.76. The predicted octanol–water partition coefficient (Wildman–Crippen LogP) is 3.80. The average Bonchev–Trinajstić information content (AvgIpc) is 3.07. The Kier molecular flexibility index (Phi) is 7.06. The fourth-order valence-electron chi connectivity index (χ4n) is 2.45. The summed E-state index contributed by atoms with van der Waals surface area (Å²) in [6, 6.07) is 13.6. The third-order valence-electron chi connectivity index (χ3n) is 3.82. The van der Waals surface area contributed by atoms with Crippen LogP contribution in [0.1, 0.15) is 5.69 Å².